The monoisotopic (exact) mass is 380 g/mol. The van der Waals surface area contributed by atoms with E-state index in [1.54, 1.807) is 0 Å². The number of nitrogens with zero attached hydrogens (tertiary/aromatic N) is 2. The van der Waals surface area contributed by atoms with Gasteiger partial charge in [-0.1, -0.05) is 11.8 Å². The number of thioether (sulfide) groups is 1. The Hall–Kier alpha value is -1.54. The van der Waals surface area contributed by atoms with Gasteiger partial charge in [-0.15, -0.1) is 0 Å². The van der Waals surface area contributed by atoms with Crippen LogP contribution < -0.4 is 9.64 Å². The first-order valence-corrected chi connectivity index (χ1v) is 11.2. The molecule has 0 N–H and O–H groups in total. The summed E-state index contributed by atoms with van der Waals surface area (Å²) in [6.45, 7) is 2.51. The molecule has 8 heteroatoms. The fourth-order valence-electron chi connectivity index (χ4n) is 3.25. The topological polar surface area (TPSA) is 76.0 Å². The molecule has 25 heavy (non-hydrogen) atoms. The van der Waals surface area contributed by atoms with E-state index in [4.69, 9.17) is 4.74 Å². The molecule has 4 rings (SSSR count). The van der Waals surface area contributed by atoms with Crippen LogP contribution in [0.1, 0.15) is 19.8 Å². The molecule has 2 aliphatic heterocycles. The van der Waals surface area contributed by atoms with Crippen LogP contribution >= 0.6 is 11.8 Å². The van der Waals surface area contributed by atoms with Crippen LogP contribution in [0.15, 0.2) is 29.3 Å². The van der Waals surface area contributed by atoms with Gasteiger partial charge in [0.15, 0.2) is 15.0 Å². The number of sulfone groups is 1. The van der Waals surface area contributed by atoms with E-state index in [0.29, 0.717) is 11.8 Å². The van der Waals surface area contributed by atoms with E-state index in [2.05, 4.69) is 4.99 Å². The van der Waals surface area contributed by atoms with Crippen molar-refractivity contribution in [2.75, 3.05) is 23.0 Å². The lowest BCUT2D eigenvalue weighted by Gasteiger charge is -2.24. The average molecular weight is 380 g/mol. The number of amidine groups is 1. The summed E-state index contributed by atoms with van der Waals surface area (Å²) in [7, 11) is -3.05. The van der Waals surface area contributed by atoms with Gasteiger partial charge in [-0.2, -0.15) is 4.99 Å². The normalized spacial score (nSPS) is 29.0. The van der Waals surface area contributed by atoms with Crippen molar-refractivity contribution in [3.63, 3.8) is 0 Å². The standard InChI is InChI=1S/C17H20N2O4S2/c1-2-23-13-7-5-12(6-8-13)19-14-9-25(21,22)10-15(14)24-17(19)18-16(20)11-3-4-11/h5-8,11,14-15H,2-4,9-10H2,1H3/t14-,15-/m1/s1. The molecule has 1 aromatic carbocycles. The number of fused-ring (bicyclic) bond motifs is 1. The van der Waals surface area contributed by atoms with E-state index in [1.807, 2.05) is 36.1 Å². The molecule has 134 valence electrons. The fraction of sp³-hybridized carbons (Fsp3) is 0.529. The summed E-state index contributed by atoms with van der Waals surface area (Å²) in [5, 5.41) is 0.563. The van der Waals surface area contributed by atoms with Gasteiger partial charge in [0.05, 0.1) is 24.2 Å². The van der Waals surface area contributed by atoms with Gasteiger partial charge in [-0.3, -0.25) is 4.79 Å². The summed E-state index contributed by atoms with van der Waals surface area (Å²) < 4.78 is 29.6. The maximum atomic E-state index is 12.2. The van der Waals surface area contributed by atoms with Crippen LogP contribution in [0.3, 0.4) is 0 Å². The minimum atomic E-state index is -3.05. The molecule has 2 saturated heterocycles. The van der Waals surface area contributed by atoms with Gasteiger partial charge in [-0.05, 0) is 44.0 Å². The minimum absolute atomic E-state index is 0.0550. The number of ether oxygens (including phenoxy) is 1. The number of hydrogen-bond donors (Lipinski definition) is 0. The van der Waals surface area contributed by atoms with Crippen LogP contribution in [0.2, 0.25) is 0 Å². The van der Waals surface area contributed by atoms with Crippen molar-refractivity contribution >= 4 is 38.4 Å². The van der Waals surface area contributed by atoms with E-state index >= 15 is 0 Å². The summed E-state index contributed by atoms with van der Waals surface area (Å²) in [6.07, 6.45) is 1.81. The average Bonchev–Trinajstić information content (AvgIpc) is 3.30. The van der Waals surface area contributed by atoms with Crippen LogP contribution in [0.4, 0.5) is 5.69 Å². The number of carbonyl (C=O) groups is 1. The smallest absolute Gasteiger partial charge is 0.251 e. The molecule has 2 heterocycles. The third-order valence-electron chi connectivity index (χ3n) is 4.62. The van der Waals surface area contributed by atoms with E-state index in [-0.39, 0.29) is 34.6 Å². The number of benzene rings is 1. The van der Waals surface area contributed by atoms with Crippen molar-refractivity contribution in [1.82, 2.24) is 0 Å². The zero-order valence-electron chi connectivity index (χ0n) is 13.9. The quantitative estimate of drug-likeness (QED) is 0.796. The molecule has 0 bridgehead atoms. The van der Waals surface area contributed by atoms with E-state index in [0.717, 1.165) is 24.3 Å². The number of anilines is 1. The van der Waals surface area contributed by atoms with Crippen LogP contribution in [-0.2, 0) is 14.6 Å². The number of aliphatic imine (C=N–C) groups is 1. The van der Waals surface area contributed by atoms with Gasteiger partial charge < -0.3 is 9.64 Å². The molecule has 2 atom stereocenters. The first-order valence-electron chi connectivity index (χ1n) is 8.48. The molecular formula is C17H20N2O4S2. The Morgan fingerprint density at radius 3 is 2.64 bits per heavy atom. The molecule has 3 aliphatic rings. The van der Waals surface area contributed by atoms with Gasteiger partial charge in [0.2, 0.25) is 0 Å². The maximum Gasteiger partial charge on any atom is 0.251 e. The second-order valence-electron chi connectivity index (χ2n) is 6.60. The Kier molecular flexibility index (Phi) is 4.27. The Balaban J connectivity index is 1.66. The minimum Gasteiger partial charge on any atom is -0.494 e. The van der Waals surface area contributed by atoms with E-state index in [9.17, 15) is 13.2 Å². The number of amides is 1. The molecule has 0 radical (unpaired) electrons. The molecule has 1 aromatic rings. The molecule has 0 spiro atoms. The summed E-state index contributed by atoms with van der Waals surface area (Å²) in [5.41, 5.74) is 0.850. The summed E-state index contributed by atoms with van der Waals surface area (Å²) in [5.74, 6) is 0.989. The van der Waals surface area contributed by atoms with Gasteiger partial charge in [-0.25, -0.2) is 8.42 Å². The number of carbonyl (C=O) groups excluding carboxylic acids is 1. The first-order chi connectivity index (χ1) is 12.0. The van der Waals surface area contributed by atoms with Crippen molar-refractivity contribution in [3.8, 4) is 5.75 Å². The van der Waals surface area contributed by atoms with Crippen LogP contribution in [0, 0.1) is 5.92 Å². The molecular weight excluding hydrogens is 360 g/mol. The molecule has 1 amide bonds. The molecule has 1 aliphatic carbocycles. The highest BCUT2D eigenvalue weighted by Gasteiger charge is 2.49. The molecule has 0 aromatic heterocycles. The lowest BCUT2D eigenvalue weighted by molar-refractivity contribution is -0.118. The largest absolute Gasteiger partial charge is 0.494 e. The van der Waals surface area contributed by atoms with Gasteiger partial charge >= 0.3 is 0 Å². The van der Waals surface area contributed by atoms with Crippen molar-refractivity contribution in [2.24, 2.45) is 10.9 Å². The Morgan fingerprint density at radius 2 is 2.00 bits per heavy atom. The second-order valence-corrected chi connectivity index (χ2v) is 9.96. The van der Waals surface area contributed by atoms with Gasteiger partial charge in [0.25, 0.3) is 5.91 Å². The summed E-state index contributed by atoms with van der Waals surface area (Å²) in [4.78, 5) is 18.4. The van der Waals surface area contributed by atoms with Crippen molar-refractivity contribution in [1.29, 1.82) is 0 Å². The zero-order valence-corrected chi connectivity index (χ0v) is 15.6. The summed E-state index contributed by atoms with van der Waals surface area (Å²) >= 11 is 1.42. The molecule has 6 nitrogen and oxygen atoms in total. The fourth-order valence-corrected chi connectivity index (χ4v) is 7.17. The van der Waals surface area contributed by atoms with E-state index < -0.39 is 9.84 Å². The van der Waals surface area contributed by atoms with Crippen molar-refractivity contribution in [2.45, 2.75) is 31.1 Å². The maximum absolute atomic E-state index is 12.2. The van der Waals surface area contributed by atoms with E-state index in [1.165, 1.54) is 11.8 Å². The summed E-state index contributed by atoms with van der Waals surface area (Å²) in [6, 6.07) is 7.35. The Morgan fingerprint density at radius 1 is 1.28 bits per heavy atom. The molecule has 1 saturated carbocycles. The highest BCUT2D eigenvalue weighted by Crippen LogP contribution is 2.42. The third kappa shape index (κ3) is 3.42. The Labute approximate surface area is 151 Å². The predicted molar refractivity (Wildman–Crippen MR) is 99.1 cm³/mol. The van der Waals surface area contributed by atoms with Crippen LogP contribution in [0.5, 0.6) is 5.75 Å². The lowest BCUT2D eigenvalue weighted by Crippen LogP contribution is -2.37. The zero-order chi connectivity index (χ0) is 17.6. The number of rotatable bonds is 4. The van der Waals surface area contributed by atoms with Gasteiger partial charge in [0, 0.05) is 16.9 Å². The highest BCUT2D eigenvalue weighted by molar-refractivity contribution is 8.16. The molecule has 0 unspecified atom stereocenters. The Bertz CT molecular complexity index is 816. The predicted octanol–water partition coefficient (Wildman–Crippen LogP) is 2.10. The SMILES string of the molecule is CCOc1ccc(N2C(=NC(=O)C3CC3)S[C@@H]3CS(=O)(=O)C[C@H]32)cc1. The second kappa shape index (κ2) is 6.32. The third-order valence-corrected chi connectivity index (χ3v) is 7.83. The first kappa shape index (κ1) is 16.9. The van der Waals surface area contributed by atoms with Gasteiger partial charge in [0.1, 0.15) is 5.75 Å². The molecule has 3 fully saturated rings. The van der Waals surface area contributed by atoms with Crippen molar-refractivity contribution < 1.29 is 17.9 Å². The lowest BCUT2D eigenvalue weighted by atomic mass is 10.2. The number of hydrogen-bond acceptors (Lipinski definition) is 5. The van der Waals surface area contributed by atoms with Crippen molar-refractivity contribution in [3.05, 3.63) is 24.3 Å². The van der Waals surface area contributed by atoms with Crippen LogP contribution in [0.25, 0.3) is 0 Å². The van der Waals surface area contributed by atoms with Crippen LogP contribution in [-0.4, -0.2) is 48.9 Å². The highest BCUT2D eigenvalue weighted by atomic mass is 32.2.